The minimum Gasteiger partial charge on any atom is -0.345 e. The van der Waals surface area contributed by atoms with E-state index in [1.165, 1.54) is 17.8 Å². The summed E-state index contributed by atoms with van der Waals surface area (Å²) in [5.74, 6) is 0.0318. The summed E-state index contributed by atoms with van der Waals surface area (Å²) in [5.41, 5.74) is 2.05. The largest absolute Gasteiger partial charge is 0.345 e. The maximum Gasteiger partial charge on any atom is 0.265 e. The van der Waals surface area contributed by atoms with Crippen molar-refractivity contribution in [3.63, 3.8) is 0 Å². The minimum absolute atomic E-state index is 0.0318. The maximum absolute atomic E-state index is 12.9. The molecule has 7 nitrogen and oxygen atoms in total. The zero-order valence-corrected chi connectivity index (χ0v) is 18.5. The van der Waals surface area contributed by atoms with E-state index in [4.69, 9.17) is 0 Å². The summed E-state index contributed by atoms with van der Waals surface area (Å²) in [6, 6.07) is 1.65. The summed E-state index contributed by atoms with van der Waals surface area (Å²) in [6.07, 6.45) is 3.98. The molecule has 0 aromatic carbocycles. The van der Waals surface area contributed by atoms with E-state index in [9.17, 15) is 13.2 Å². The lowest BCUT2D eigenvalue weighted by Gasteiger charge is -2.26. The second kappa shape index (κ2) is 8.34. The van der Waals surface area contributed by atoms with Crippen LogP contribution in [0.1, 0.15) is 53.7 Å². The number of hydrogen-bond acceptors (Lipinski definition) is 5. The minimum atomic E-state index is -3.57. The van der Waals surface area contributed by atoms with Gasteiger partial charge in [0.25, 0.3) is 5.91 Å². The molecule has 1 fully saturated rings. The van der Waals surface area contributed by atoms with E-state index >= 15 is 0 Å². The Bertz CT molecular complexity index is 970. The summed E-state index contributed by atoms with van der Waals surface area (Å²) in [6.45, 7) is 7.53. The monoisotopic (exact) mass is 424 g/mol. The molecule has 0 bridgehead atoms. The van der Waals surface area contributed by atoms with Crippen LogP contribution in [0.15, 0.2) is 11.0 Å². The van der Waals surface area contributed by atoms with Gasteiger partial charge in [0.15, 0.2) is 0 Å². The van der Waals surface area contributed by atoms with Crippen LogP contribution in [0.25, 0.3) is 10.7 Å². The fourth-order valence-electron chi connectivity index (χ4n) is 3.41. The lowest BCUT2D eigenvalue weighted by molar-refractivity contribution is 0.0728. The summed E-state index contributed by atoms with van der Waals surface area (Å²) >= 11 is 1.34. The van der Waals surface area contributed by atoms with Crippen LogP contribution in [0, 0.1) is 13.8 Å². The van der Waals surface area contributed by atoms with Gasteiger partial charge in [0.2, 0.25) is 10.0 Å². The predicted octanol–water partition coefficient (Wildman–Crippen LogP) is 3.08. The molecule has 2 aromatic heterocycles. The first-order chi connectivity index (χ1) is 13.3. The molecule has 154 valence electrons. The van der Waals surface area contributed by atoms with Crippen LogP contribution in [0.5, 0.6) is 0 Å². The molecule has 3 heterocycles. The number of carbonyl (C=O) groups excluding carboxylic acids is 1. The summed E-state index contributed by atoms with van der Waals surface area (Å²) in [4.78, 5) is 20.3. The predicted molar refractivity (Wildman–Crippen MR) is 111 cm³/mol. The number of amides is 1. The van der Waals surface area contributed by atoms with Crippen LogP contribution in [0.2, 0.25) is 0 Å². The molecule has 9 heteroatoms. The maximum atomic E-state index is 12.9. The van der Waals surface area contributed by atoms with E-state index in [0.717, 1.165) is 32.4 Å². The van der Waals surface area contributed by atoms with Gasteiger partial charge in [-0.2, -0.15) is 0 Å². The summed E-state index contributed by atoms with van der Waals surface area (Å²) < 4.78 is 29.6. The number of piperidine rings is 1. The highest BCUT2D eigenvalue weighted by molar-refractivity contribution is 7.89. The molecular formula is C19H28N4O3S2. The smallest absolute Gasteiger partial charge is 0.265 e. The van der Waals surface area contributed by atoms with E-state index < -0.39 is 10.0 Å². The normalized spacial score (nSPS) is 15.2. The van der Waals surface area contributed by atoms with E-state index in [1.54, 1.807) is 13.0 Å². The standard InChI is InChI=1S/C19H28N4O3S2/c1-5-9-20-28(25,26)16-12-15(22(4)14(16)3)18-21-13(2)17(27-18)19(24)23-10-7-6-8-11-23/h12,20H,5-11H2,1-4H3. The number of thiazole rings is 1. The van der Waals surface area contributed by atoms with Crippen LogP contribution in [0.3, 0.4) is 0 Å². The van der Waals surface area contributed by atoms with E-state index in [-0.39, 0.29) is 10.8 Å². The van der Waals surface area contributed by atoms with E-state index in [1.807, 2.05) is 30.4 Å². The van der Waals surface area contributed by atoms with Gasteiger partial charge in [-0.1, -0.05) is 6.92 Å². The molecule has 0 atom stereocenters. The highest BCUT2D eigenvalue weighted by atomic mass is 32.2. The summed E-state index contributed by atoms with van der Waals surface area (Å²) in [7, 11) is -1.74. The quantitative estimate of drug-likeness (QED) is 0.772. The van der Waals surface area contributed by atoms with Gasteiger partial charge in [-0.3, -0.25) is 4.79 Å². The molecule has 0 spiro atoms. The van der Waals surface area contributed by atoms with Gasteiger partial charge < -0.3 is 9.47 Å². The first-order valence-corrected chi connectivity index (χ1v) is 12.0. The molecule has 3 rings (SSSR count). The molecule has 1 aliphatic heterocycles. The number of sulfonamides is 1. The number of aromatic nitrogens is 2. The third kappa shape index (κ3) is 4.01. The second-order valence-electron chi connectivity index (χ2n) is 7.22. The van der Waals surface area contributed by atoms with Crippen molar-refractivity contribution >= 4 is 27.3 Å². The molecule has 0 saturated carbocycles. The third-order valence-electron chi connectivity index (χ3n) is 5.17. The van der Waals surface area contributed by atoms with Crippen molar-refractivity contribution in [1.29, 1.82) is 0 Å². The number of rotatable bonds is 6. The fourth-order valence-corrected chi connectivity index (χ4v) is 5.91. The molecule has 28 heavy (non-hydrogen) atoms. The third-order valence-corrected chi connectivity index (χ3v) is 7.92. The van der Waals surface area contributed by atoms with Gasteiger partial charge >= 0.3 is 0 Å². The van der Waals surface area contributed by atoms with Crippen molar-refractivity contribution in [2.75, 3.05) is 19.6 Å². The van der Waals surface area contributed by atoms with Gasteiger partial charge in [0.05, 0.1) is 11.4 Å². The zero-order valence-electron chi connectivity index (χ0n) is 16.9. The van der Waals surface area contributed by atoms with Gasteiger partial charge in [-0.05, 0) is 45.6 Å². The molecule has 0 unspecified atom stereocenters. The fraction of sp³-hybridized carbons (Fsp3) is 0.579. The molecular weight excluding hydrogens is 396 g/mol. The highest BCUT2D eigenvalue weighted by Gasteiger charge is 2.26. The lowest BCUT2D eigenvalue weighted by Crippen LogP contribution is -2.35. The number of likely N-dealkylation sites (tertiary alicyclic amines) is 1. The van der Waals surface area contributed by atoms with Crippen LogP contribution >= 0.6 is 11.3 Å². The Hall–Kier alpha value is -1.71. The number of nitrogens with zero attached hydrogens (tertiary/aromatic N) is 3. The second-order valence-corrected chi connectivity index (χ2v) is 9.96. The first-order valence-electron chi connectivity index (χ1n) is 9.69. The molecule has 1 aliphatic rings. The molecule has 0 radical (unpaired) electrons. The average molecular weight is 425 g/mol. The zero-order chi connectivity index (χ0) is 20.5. The Kier molecular flexibility index (Phi) is 6.26. The van der Waals surface area contributed by atoms with E-state index in [0.29, 0.717) is 33.5 Å². The summed E-state index contributed by atoms with van der Waals surface area (Å²) in [5, 5.41) is 0.667. The molecule has 0 aliphatic carbocycles. The Morgan fingerprint density at radius 1 is 1.25 bits per heavy atom. The van der Waals surface area contributed by atoms with Crippen LogP contribution in [-0.2, 0) is 17.1 Å². The highest BCUT2D eigenvalue weighted by Crippen LogP contribution is 2.33. The van der Waals surface area contributed by atoms with Crippen LogP contribution in [-0.4, -0.2) is 48.4 Å². The van der Waals surface area contributed by atoms with Crippen molar-refractivity contribution in [3.8, 4) is 10.7 Å². The first kappa shape index (κ1) is 21.0. The van der Waals surface area contributed by atoms with Crippen molar-refractivity contribution in [1.82, 2.24) is 19.2 Å². The molecule has 1 amide bonds. The lowest BCUT2D eigenvalue weighted by atomic mass is 10.1. The van der Waals surface area contributed by atoms with Crippen molar-refractivity contribution in [2.45, 2.75) is 51.3 Å². The van der Waals surface area contributed by atoms with Crippen LogP contribution < -0.4 is 4.72 Å². The Balaban J connectivity index is 1.95. The van der Waals surface area contributed by atoms with Crippen molar-refractivity contribution in [3.05, 3.63) is 22.3 Å². The van der Waals surface area contributed by atoms with Gasteiger partial charge in [0, 0.05) is 32.4 Å². The molecule has 2 aromatic rings. The Morgan fingerprint density at radius 2 is 1.93 bits per heavy atom. The average Bonchev–Trinajstić information content (AvgIpc) is 3.21. The Labute approximate surface area is 170 Å². The number of aryl methyl sites for hydroxylation is 1. The number of hydrogen-bond donors (Lipinski definition) is 1. The van der Waals surface area contributed by atoms with E-state index in [2.05, 4.69) is 9.71 Å². The number of carbonyl (C=O) groups is 1. The molecule has 1 N–H and O–H groups in total. The van der Waals surface area contributed by atoms with Crippen molar-refractivity contribution in [2.24, 2.45) is 7.05 Å². The van der Waals surface area contributed by atoms with Crippen molar-refractivity contribution < 1.29 is 13.2 Å². The van der Waals surface area contributed by atoms with Gasteiger partial charge in [0.1, 0.15) is 14.8 Å². The SMILES string of the molecule is CCCNS(=O)(=O)c1cc(-c2nc(C)c(C(=O)N3CCCCC3)s2)n(C)c1C. The van der Waals surface area contributed by atoms with Gasteiger partial charge in [-0.15, -0.1) is 11.3 Å². The van der Waals surface area contributed by atoms with Gasteiger partial charge in [-0.25, -0.2) is 18.1 Å². The molecule has 1 saturated heterocycles. The van der Waals surface area contributed by atoms with Crippen LogP contribution in [0.4, 0.5) is 0 Å². The number of nitrogens with one attached hydrogen (secondary N) is 1. The topological polar surface area (TPSA) is 84.3 Å². The Morgan fingerprint density at radius 3 is 2.57 bits per heavy atom.